The van der Waals surface area contributed by atoms with Crippen LogP contribution in [0, 0.1) is 11.8 Å². The van der Waals surface area contributed by atoms with Crippen molar-refractivity contribution in [3.8, 4) is 0 Å². The van der Waals surface area contributed by atoms with Crippen LogP contribution in [-0.2, 0) is 14.3 Å². The molecular weight excluding hydrogens is 204 g/mol. The Hall–Kier alpha value is -1.12. The number of hydrogen-bond donors (Lipinski definition) is 0. The van der Waals surface area contributed by atoms with Crippen LogP contribution >= 0.6 is 0 Å². The molecular formula is C13H20O3. The maximum absolute atomic E-state index is 11.7. The minimum absolute atomic E-state index is 0.0295. The number of ketones is 1. The van der Waals surface area contributed by atoms with Gasteiger partial charge in [0, 0.05) is 18.8 Å². The third kappa shape index (κ3) is 3.47. The topological polar surface area (TPSA) is 43.4 Å². The van der Waals surface area contributed by atoms with Crippen LogP contribution in [0.15, 0.2) is 12.2 Å². The first-order chi connectivity index (χ1) is 7.69. The van der Waals surface area contributed by atoms with E-state index in [0.29, 0.717) is 18.6 Å². The molecule has 0 aromatic heterocycles. The van der Waals surface area contributed by atoms with Crippen LogP contribution in [0.4, 0.5) is 0 Å². The summed E-state index contributed by atoms with van der Waals surface area (Å²) in [5, 5.41) is 0. The van der Waals surface area contributed by atoms with Gasteiger partial charge in [-0.25, -0.2) is 0 Å². The number of carbonyl (C=O) groups excluding carboxylic acids is 2. The summed E-state index contributed by atoms with van der Waals surface area (Å²) in [6.07, 6.45) is 7.72. The van der Waals surface area contributed by atoms with Gasteiger partial charge in [0.25, 0.3) is 0 Å². The van der Waals surface area contributed by atoms with E-state index in [2.05, 4.69) is 23.8 Å². The molecule has 90 valence electrons. The molecule has 0 heterocycles. The van der Waals surface area contributed by atoms with Crippen molar-refractivity contribution in [2.24, 2.45) is 11.8 Å². The van der Waals surface area contributed by atoms with Gasteiger partial charge in [-0.1, -0.05) is 19.1 Å². The minimum Gasteiger partial charge on any atom is -0.469 e. The van der Waals surface area contributed by atoms with Crippen LogP contribution in [-0.4, -0.2) is 18.9 Å². The first-order valence-corrected chi connectivity index (χ1v) is 5.93. The number of esters is 1. The van der Waals surface area contributed by atoms with Crippen molar-refractivity contribution in [1.29, 1.82) is 0 Å². The highest BCUT2D eigenvalue weighted by Gasteiger charge is 2.34. The summed E-state index contributed by atoms with van der Waals surface area (Å²) in [5.74, 6) is 0.308. The molecule has 0 N–H and O–H groups in total. The zero-order valence-electron chi connectivity index (χ0n) is 10.1. The molecule has 3 nitrogen and oxygen atoms in total. The van der Waals surface area contributed by atoms with Crippen molar-refractivity contribution in [3.63, 3.8) is 0 Å². The van der Waals surface area contributed by atoms with Crippen molar-refractivity contribution in [2.45, 2.75) is 39.0 Å². The second-order valence-corrected chi connectivity index (χ2v) is 4.27. The molecule has 1 rings (SSSR count). The van der Waals surface area contributed by atoms with E-state index in [1.54, 1.807) is 0 Å². The third-order valence-electron chi connectivity index (χ3n) is 3.19. The van der Waals surface area contributed by atoms with Gasteiger partial charge in [0.15, 0.2) is 0 Å². The average Bonchev–Trinajstić information content (AvgIpc) is 2.61. The highest BCUT2D eigenvalue weighted by molar-refractivity contribution is 5.84. The molecule has 0 radical (unpaired) electrons. The summed E-state index contributed by atoms with van der Waals surface area (Å²) < 4.78 is 4.65. The number of Topliss-reactive ketones (excluding diaryl/α,β-unsaturated/α-hetero) is 1. The van der Waals surface area contributed by atoms with Crippen LogP contribution < -0.4 is 0 Å². The van der Waals surface area contributed by atoms with Gasteiger partial charge < -0.3 is 4.74 Å². The Kier molecular flexibility index (Phi) is 5.23. The van der Waals surface area contributed by atoms with E-state index in [1.807, 2.05) is 0 Å². The fraction of sp³-hybridized carbons (Fsp3) is 0.692. The van der Waals surface area contributed by atoms with Crippen LogP contribution in [0.2, 0.25) is 0 Å². The maximum atomic E-state index is 11.7. The predicted octanol–water partition coefficient (Wildman–Crippen LogP) is 2.50. The van der Waals surface area contributed by atoms with E-state index in [9.17, 15) is 9.59 Å². The van der Waals surface area contributed by atoms with Gasteiger partial charge >= 0.3 is 5.97 Å². The molecule has 2 atom stereocenters. The van der Waals surface area contributed by atoms with E-state index in [4.69, 9.17) is 0 Å². The predicted molar refractivity (Wildman–Crippen MR) is 61.9 cm³/mol. The van der Waals surface area contributed by atoms with E-state index in [1.165, 1.54) is 7.11 Å². The first kappa shape index (κ1) is 12.9. The molecule has 1 fully saturated rings. The Balaban J connectivity index is 2.52. The Labute approximate surface area is 96.9 Å². The van der Waals surface area contributed by atoms with Crippen LogP contribution in [0.3, 0.4) is 0 Å². The summed E-state index contributed by atoms with van der Waals surface area (Å²) in [7, 11) is 1.39. The fourth-order valence-corrected chi connectivity index (χ4v) is 2.25. The minimum atomic E-state index is -0.204. The van der Waals surface area contributed by atoms with Gasteiger partial charge in [-0.2, -0.15) is 0 Å². The molecule has 0 unspecified atom stereocenters. The lowest BCUT2D eigenvalue weighted by atomic mass is 9.89. The molecule has 1 aliphatic carbocycles. The molecule has 0 spiro atoms. The quantitative estimate of drug-likeness (QED) is 0.532. The molecule has 0 amide bonds. The van der Waals surface area contributed by atoms with Gasteiger partial charge in [-0.15, -0.1) is 0 Å². The average molecular weight is 224 g/mol. The Morgan fingerprint density at radius 2 is 2.25 bits per heavy atom. The molecule has 16 heavy (non-hydrogen) atoms. The lowest BCUT2D eigenvalue weighted by Crippen LogP contribution is -2.18. The summed E-state index contributed by atoms with van der Waals surface area (Å²) >= 11 is 0. The number of carbonyl (C=O) groups is 2. The van der Waals surface area contributed by atoms with Crippen molar-refractivity contribution < 1.29 is 14.3 Å². The zero-order chi connectivity index (χ0) is 12.0. The van der Waals surface area contributed by atoms with E-state index >= 15 is 0 Å². The third-order valence-corrected chi connectivity index (χ3v) is 3.19. The SMILES string of the molecule is CCC=CC[C@@H]1C(=O)CC[C@@H]1CC(=O)OC. The number of rotatable bonds is 5. The van der Waals surface area contributed by atoms with Gasteiger partial charge in [-0.3, -0.25) is 9.59 Å². The zero-order valence-corrected chi connectivity index (χ0v) is 10.1. The number of allylic oxidation sites excluding steroid dienone is 2. The van der Waals surface area contributed by atoms with Crippen LogP contribution in [0.1, 0.15) is 39.0 Å². The van der Waals surface area contributed by atoms with E-state index in [-0.39, 0.29) is 17.8 Å². The molecule has 0 bridgehead atoms. The number of ether oxygens (including phenoxy) is 1. The molecule has 0 saturated heterocycles. The summed E-state index contributed by atoms with van der Waals surface area (Å²) in [5.41, 5.74) is 0. The molecule has 0 aromatic rings. The monoisotopic (exact) mass is 224 g/mol. The second-order valence-electron chi connectivity index (χ2n) is 4.27. The Morgan fingerprint density at radius 3 is 2.88 bits per heavy atom. The first-order valence-electron chi connectivity index (χ1n) is 5.93. The molecule has 0 aliphatic heterocycles. The van der Waals surface area contributed by atoms with Crippen molar-refractivity contribution >= 4 is 11.8 Å². The van der Waals surface area contributed by atoms with Crippen molar-refractivity contribution in [1.82, 2.24) is 0 Å². The lowest BCUT2D eigenvalue weighted by molar-refractivity contribution is -0.142. The Bertz CT molecular complexity index is 281. The van der Waals surface area contributed by atoms with Gasteiger partial charge in [0.1, 0.15) is 5.78 Å². The lowest BCUT2D eigenvalue weighted by Gasteiger charge is -2.15. The second kappa shape index (κ2) is 6.46. The van der Waals surface area contributed by atoms with Crippen LogP contribution in [0.5, 0.6) is 0 Å². The summed E-state index contributed by atoms with van der Waals surface area (Å²) in [6.45, 7) is 2.07. The normalized spacial score (nSPS) is 25.2. The van der Waals surface area contributed by atoms with Gasteiger partial charge in [0.05, 0.1) is 7.11 Å². The highest BCUT2D eigenvalue weighted by Crippen LogP contribution is 2.34. The highest BCUT2D eigenvalue weighted by atomic mass is 16.5. The number of methoxy groups -OCH3 is 1. The largest absolute Gasteiger partial charge is 0.469 e. The Morgan fingerprint density at radius 1 is 1.50 bits per heavy atom. The van der Waals surface area contributed by atoms with Gasteiger partial charge in [-0.05, 0) is 25.2 Å². The number of hydrogen-bond acceptors (Lipinski definition) is 3. The smallest absolute Gasteiger partial charge is 0.305 e. The summed E-state index contributed by atoms with van der Waals surface area (Å²) in [6, 6.07) is 0. The molecule has 1 aliphatic rings. The van der Waals surface area contributed by atoms with E-state index < -0.39 is 0 Å². The van der Waals surface area contributed by atoms with Gasteiger partial charge in [0.2, 0.25) is 0 Å². The summed E-state index contributed by atoms with van der Waals surface area (Å²) in [4.78, 5) is 22.9. The van der Waals surface area contributed by atoms with E-state index in [0.717, 1.165) is 19.3 Å². The van der Waals surface area contributed by atoms with Crippen molar-refractivity contribution in [2.75, 3.05) is 7.11 Å². The fourth-order valence-electron chi connectivity index (χ4n) is 2.25. The van der Waals surface area contributed by atoms with Crippen LogP contribution in [0.25, 0.3) is 0 Å². The standard InChI is InChI=1S/C13H20O3/c1-3-4-5-6-11-10(7-8-12(11)14)9-13(15)16-2/h4-5,10-11H,3,6-9H2,1-2H3/t10-,11+/m1/s1. The maximum Gasteiger partial charge on any atom is 0.305 e. The molecule has 0 aromatic carbocycles. The van der Waals surface area contributed by atoms with Crippen molar-refractivity contribution in [3.05, 3.63) is 12.2 Å². The molecule has 1 saturated carbocycles. The molecule has 3 heteroatoms.